The third-order valence-electron chi connectivity index (χ3n) is 4.72. The molecule has 9 heteroatoms. The number of esters is 2. The van der Waals surface area contributed by atoms with Crippen LogP contribution in [-0.2, 0) is 30.3 Å². The highest BCUT2D eigenvalue weighted by atomic mass is 32.1. The zero-order valence-electron chi connectivity index (χ0n) is 18.6. The number of hydrogen-bond donors (Lipinski definition) is 2. The van der Waals surface area contributed by atoms with Crippen LogP contribution >= 0.6 is 11.3 Å². The molecule has 0 spiro atoms. The molecule has 0 unspecified atom stereocenters. The number of carbonyl (C=O) groups is 3. The van der Waals surface area contributed by atoms with E-state index in [1.165, 1.54) is 0 Å². The number of aromatic nitrogens is 1. The minimum absolute atomic E-state index is 0.106. The zero-order valence-corrected chi connectivity index (χ0v) is 19.4. The summed E-state index contributed by atoms with van der Waals surface area (Å²) in [5.41, 5.74) is 2.97. The number of benzene rings is 2. The summed E-state index contributed by atoms with van der Waals surface area (Å²) in [6.45, 7) is 3.46. The average molecular weight is 470 g/mol. The maximum Gasteiger partial charge on any atom is 0.340 e. The summed E-state index contributed by atoms with van der Waals surface area (Å²) in [6.07, 6.45) is 1.41. The van der Waals surface area contributed by atoms with E-state index in [1.807, 2.05) is 48.5 Å². The number of nitrogens with zero attached hydrogens (tertiary/aromatic N) is 1. The molecule has 8 nitrogen and oxygen atoms in total. The van der Waals surface area contributed by atoms with Crippen molar-refractivity contribution < 1.29 is 23.9 Å². The van der Waals surface area contributed by atoms with Gasteiger partial charge in [0.15, 0.2) is 5.13 Å². The van der Waals surface area contributed by atoms with Crippen LogP contribution < -0.4 is 10.6 Å². The Kier molecular flexibility index (Phi) is 8.77. The Hall–Kier alpha value is -3.46. The number of thiazole rings is 1. The predicted molar refractivity (Wildman–Crippen MR) is 127 cm³/mol. The lowest BCUT2D eigenvalue weighted by Gasteiger charge is -2.15. The van der Waals surface area contributed by atoms with Gasteiger partial charge in [-0.2, -0.15) is 0 Å². The molecule has 0 aliphatic rings. The first-order valence-electron chi connectivity index (χ1n) is 10.8. The standard InChI is InChI=1S/C24H27N3O5S/c1-3-31-22(29)21(23(30)32-4-2)27-20(28)11-7-8-16-12-14-17(15-13-16)25-24-26-18-9-5-6-10-19(18)33-24/h5-6,9-10,12-15,21H,3-4,7-8,11H2,1-2H3,(H,25,26)(H,27,28). The van der Waals surface area contributed by atoms with Gasteiger partial charge in [-0.15, -0.1) is 0 Å². The number of amides is 1. The highest BCUT2D eigenvalue weighted by Gasteiger charge is 2.30. The van der Waals surface area contributed by atoms with Gasteiger partial charge in [0, 0.05) is 12.1 Å². The van der Waals surface area contributed by atoms with E-state index in [0.717, 1.165) is 26.6 Å². The van der Waals surface area contributed by atoms with Crippen molar-refractivity contribution in [2.24, 2.45) is 0 Å². The van der Waals surface area contributed by atoms with E-state index in [1.54, 1.807) is 25.2 Å². The molecule has 3 rings (SSSR count). The molecule has 2 N–H and O–H groups in total. The van der Waals surface area contributed by atoms with Gasteiger partial charge in [-0.3, -0.25) is 4.79 Å². The second-order valence-electron chi connectivity index (χ2n) is 7.17. The van der Waals surface area contributed by atoms with Crippen LogP contribution in [0, 0.1) is 0 Å². The molecule has 3 aromatic rings. The SMILES string of the molecule is CCOC(=O)C(NC(=O)CCCc1ccc(Nc2nc3ccccc3s2)cc1)C(=O)OCC. The van der Waals surface area contributed by atoms with Crippen molar-refractivity contribution in [1.29, 1.82) is 0 Å². The monoisotopic (exact) mass is 469 g/mol. The Bertz CT molecular complexity index is 1050. The normalized spacial score (nSPS) is 10.8. The lowest BCUT2D eigenvalue weighted by molar-refractivity contribution is -0.159. The zero-order chi connectivity index (χ0) is 23.6. The van der Waals surface area contributed by atoms with Gasteiger partial charge in [-0.1, -0.05) is 35.6 Å². The van der Waals surface area contributed by atoms with Crippen molar-refractivity contribution in [2.45, 2.75) is 39.2 Å². The van der Waals surface area contributed by atoms with E-state index in [2.05, 4.69) is 15.6 Å². The lowest BCUT2D eigenvalue weighted by Crippen LogP contribution is -2.48. The number of nitrogens with one attached hydrogen (secondary N) is 2. The lowest BCUT2D eigenvalue weighted by atomic mass is 10.1. The summed E-state index contributed by atoms with van der Waals surface area (Å²) in [6, 6.07) is 14.5. The Morgan fingerprint density at radius 1 is 0.970 bits per heavy atom. The van der Waals surface area contributed by atoms with E-state index in [4.69, 9.17) is 9.47 Å². The molecule has 174 valence electrons. The molecule has 33 heavy (non-hydrogen) atoms. The number of anilines is 2. The Labute approximate surface area is 196 Å². The van der Waals surface area contributed by atoms with Gasteiger partial charge in [-0.25, -0.2) is 14.6 Å². The molecule has 0 bridgehead atoms. The number of fused-ring (bicyclic) bond motifs is 1. The van der Waals surface area contributed by atoms with Crippen LogP contribution in [0.25, 0.3) is 10.2 Å². The van der Waals surface area contributed by atoms with Crippen LogP contribution in [0.2, 0.25) is 0 Å². The molecule has 0 saturated carbocycles. The van der Waals surface area contributed by atoms with E-state index >= 15 is 0 Å². The smallest absolute Gasteiger partial charge is 0.340 e. The second kappa shape index (κ2) is 12.0. The first-order valence-corrected chi connectivity index (χ1v) is 11.7. The van der Waals surface area contributed by atoms with Crippen molar-refractivity contribution in [1.82, 2.24) is 10.3 Å². The Balaban J connectivity index is 1.47. The fraction of sp³-hybridized carbons (Fsp3) is 0.333. The van der Waals surface area contributed by atoms with Crippen LogP contribution in [0.4, 0.5) is 10.8 Å². The maximum absolute atomic E-state index is 12.2. The molecule has 0 fully saturated rings. The fourth-order valence-electron chi connectivity index (χ4n) is 3.16. The molecule has 1 amide bonds. The summed E-state index contributed by atoms with van der Waals surface area (Å²) >= 11 is 1.60. The topological polar surface area (TPSA) is 107 Å². The summed E-state index contributed by atoms with van der Waals surface area (Å²) in [5.74, 6) is -2.05. The third-order valence-corrected chi connectivity index (χ3v) is 5.67. The summed E-state index contributed by atoms with van der Waals surface area (Å²) < 4.78 is 10.8. The van der Waals surface area contributed by atoms with Gasteiger partial charge in [0.2, 0.25) is 11.9 Å². The number of rotatable bonds is 11. The third kappa shape index (κ3) is 7.01. The number of hydrogen-bond acceptors (Lipinski definition) is 8. The second-order valence-corrected chi connectivity index (χ2v) is 8.20. The largest absolute Gasteiger partial charge is 0.464 e. The quantitative estimate of drug-likeness (QED) is 0.323. The van der Waals surface area contributed by atoms with Gasteiger partial charge in [0.05, 0.1) is 23.4 Å². The molecular formula is C24H27N3O5S. The molecular weight excluding hydrogens is 442 g/mol. The number of ether oxygens (including phenoxy) is 2. The van der Waals surface area contributed by atoms with Gasteiger partial charge in [0.1, 0.15) is 0 Å². The summed E-state index contributed by atoms with van der Waals surface area (Å²) in [7, 11) is 0. The number of carbonyl (C=O) groups excluding carboxylic acids is 3. The first-order chi connectivity index (χ1) is 16.0. The molecule has 1 heterocycles. The molecule has 0 aliphatic heterocycles. The van der Waals surface area contributed by atoms with Crippen LogP contribution in [0.3, 0.4) is 0 Å². The van der Waals surface area contributed by atoms with Crippen molar-refractivity contribution >= 4 is 50.2 Å². The number of aryl methyl sites for hydroxylation is 1. The molecule has 2 aromatic carbocycles. The molecule has 0 radical (unpaired) electrons. The summed E-state index contributed by atoms with van der Waals surface area (Å²) in [5, 5.41) is 6.56. The van der Waals surface area contributed by atoms with E-state index < -0.39 is 23.9 Å². The van der Waals surface area contributed by atoms with E-state index in [0.29, 0.717) is 12.8 Å². The maximum atomic E-state index is 12.2. The Morgan fingerprint density at radius 3 is 2.27 bits per heavy atom. The minimum Gasteiger partial charge on any atom is -0.464 e. The van der Waals surface area contributed by atoms with Crippen molar-refractivity contribution in [3.05, 3.63) is 54.1 Å². The van der Waals surface area contributed by atoms with Crippen LogP contribution in [-0.4, -0.2) is 42.1 Å². The predicted octanol–water partition coefficient (Wildman–Crippen LogP) is 3.97. The van der Waals surface area contributed by atoms with Crippen LogP contribution in [0.15, 0.2) is 48.5 Å². The van der Waals surface area contributed by atoms with E-state index in [-0.39, 0.29) is 19.6 Å². The van der Waals surface area contributed by atoms with Crippen molar-refractivity contribution in [3.63, 3.8) is 0 Å². The van der Waals surface area contributed by atoms with Gasteiger partial charge >= 0.3 is 11.9 Å². The molecule has 0 saturated heterocycles. The van der Waals surface area contributed by atoms with E-state index in [9.17, 15) is 14.4 Å². The highest BCUT2D eigenvalue weighted by Crippen LogP contribution is 2.28. The Morgan fingerprint density at radius 2 is 1.64 bits per heavy atom. The molecule has 1 aromatic heterocycles. The van der Waals surface area contributed by atoms with Gasteiger partial charge in [-0.05, 0) is 56.5 Å². The van der Waals surface area contributed by atoms with Gasteiger partial charge < -0.3 is 20.1 Å². The summed E-state index contributed by atoms with van der Waals surface area (Å²) in [4.78, 5) is 40.7. The fourth-order valence-corrected chi connectivity index (χ4v) is 4.04. The minimum atomic E-state index is -1.44. The highest BCUT2D eigenvalue weighted by molar-refractivity contribution is 7.22. The molecule has 0 aliphatic carbocycles. The first kappa shape index (κ1) is 24.2. The van der Waals surface area contributed by atoms with Crippen molar-refractivity contribution in [2.75, 3.05) is 18.5 Å². The van der Waals surface area contributed by atoms with Crippen LogP contribution in [0.1, 0.15) is 32.3 Å². The molecule has 0 atom stereocenters. The van der Waals surface area contributed by atoms with Gasteiger partial charge in [0.25, 0.3) is 0 Å². The van der Waals surface area contributed by atoms with Crippen molar-refractivity contribution in [3.8, 4) is 0 Å². The van der Waals surface area contributed by atoms with Crippen LogP contribution in [0.5, 0.6) is 0 Å². The average Bonchev–Trinajstić information content (AvgIpc) is 3.21. The number of para-hydroxylation sites is 1.